The van der Waals surface area contributed by atoms with Gasteiger partial charge in [0.05, 0.1) is 5.76 Å². The van der Waals surface area contributed by atoms with E-state index in [9.17, 15) is 18.4 Å². The third-order valence-corrected chi connectivity index (χ3v) is 8.06. The molecule has 0 amide bonds. The Labute approximate surface area is 391 Å². The predicted molar refractivity (Wildman–Crippen MR) is 219 cm³/mol. The standard InChI is InChI=1S/C13H8NS.C11H6F2N.C11H8N.C6H5NO2.C5H8O2.3Ir/c1-2-7-12-10(5-1)9-13(15-12)11-6-3-4-8-14-11;12-8-4-5-9(10(13)7-8)11-3-1-2-6-14-11;1-2-6-10(7-3-1)11-8-4-5-9-12-11;8-6(9)5-3-1-2-4-7-5;1-4(6)3-5(2)7;;;/h1-8H;1-4,6-7H;1-6,8-9H;1-4H,(H,8,9);3,6H,1-2H3;;;/q3*-1;;;;;. The summed E-state index contributed by atoms with van der Waals surface area (Å²) in [6, 6.07) is 48.7. The number of hydrogen-bond donors (Lipinski definition) is 2. The van der Waals surface area contributed by atoms with E-state index in [1.807, 2.05) is 72.9 Å². The van der Waals surface area contributed by atoms with E-state index < -0.39 is 17.6 Å². The summed E-state index contributed by atoms with van der Waals surface area (Å²) in [5.41, 5.74) is 3.73. The summed E-state index contributed by atoms with van der Waals surface area (Å²) in [6.45, 7) is 2.85. The minimum Gasteiger partial charge on any atom is -0.512 e. The maximum atomic E-state index is 13.2. The number of ketones is 1. The quantitative estimate of drug-likeness (QED) is 0.0991. The molecular weight excluding hydrogens is 1320 g/mol. The van der Waals surface area contributed by atoms with Gasteiger partial charge in [-0.3, -0.25) is 13.6 Å². The van der Waals surface area contributed by atoms with Crippen LogP contribution in [-0.2, 0) is 65.1 Å². The van der Waals surface area contributed by atoms with Crippen LogP contribution in [0, 0.1) is 29.8 Å². The summed E-state index contributed by atoms with van der Waals surface area (Å²) in [4.78, 5) is 37.3. The summed E-state index contributed by atoms with van der Waals surface area (Å²) in [7, 11) is 0. The number of aromatic carboxylic acids is 1. The number of pyridine rings is 4. The number of fused-ring (bicyclic) bond motifs is 1. The molecule has 0 unspecified atom stereocenters. The first-order chi connectivity index (χ1) is 27.6. The molecule has 313 valence electrons. The Bertz CT molecular complexity index is 2400. The molecule has 8 aromatic rings. The van der Waals surface area contributed by atoms with Crippen molar-refractivity contribution in [2.24, 2.45) is 0 Å². The number of aromatic nitrogens is 4. The summed E-state index contributed by atoms with van der Waals surface area (Å²) < 4.78 is 27.1. The average Bonchev–Trinajstić information content (AvgIpc) is 3.68. The van der Waals surface area contributed by atoms with Crippen LogP contribution in [0.3, 0.4) is 0 Å². The second kappa shape index (κ2) is 29.0. The number of halogens is 2. The van der Waals surface area contributed by atoms with Gasteiger partial charge in [-0.1, -0.05) is 66.2 Å². The van der Waals surface area contributed by atoms with E-state index in [1.165, 1.54) is 42.3 Å². The molecule has 5 heterocycles. The zero-order valence-corrected chi connectivity index (χ0v) is 39.8. The molecule has 2 N–H and O–H groups in total. The van der Waals surface area contributed by atoms with E-state index in [4.69, 9.17) is 10.2 Å². The molecule has 5 aromatic heterocycles. The topological polar surface area (TPSA) is 126 Å². The van der Waals surface area contributed by atoms with Gasteiger partial charge in [0, 0.05) is 109 Å². The molecule has 3 radical (unpaired) electrons. The van der Waals surface area contributed by atoms with Gasteiger partial charge in [-0.15, -0.1) is 71.6 Å². The van der Waals surface area contributed by atoms with Crippen molar-refractivity contribution in [2.45, 2.75) is 13.8 Å². The number of carboxylic acids is 1. The number of thiophene rings is 1. The molecule has 60 heavy (non-hydrogen) atoms. The van der Waals surface area contributed by atoms with E-state index in [0.29, 0.717) is 5.69 Å². The number of carboxylic acid groups (broad SMARTS) is 1. The van der Waals surface area contributed by atoms with Crippen LogP contribution in [0.15, 0.2) is 170 Å². The Morgan fingerprint density at radius 1 is 0.650 bits per heavy atom. The fraction of sp³-hybridized carbons (Fsp3) is 0.0435. The molecule has 0 saturated carbocycles. The molecule has 8 nitrogen and oxygen atoms in total. The van der Waals surface area contributed by atoms with Crippen molar-refractivity contribution in [1.29, 1.82) is 0 Å². The SMILES string of the molecule is CC(=O)C=C(C)O.Fc1c[c-]c(-c2ccccn2)c(F)c1.O=C(O)c1ccccn1.[Ir].[Ir].[Ir].[c-]1c(-c2ccccn2)sc2ccccc12.[c-]1ccccc1-c1ccccn1. The van der Waals surface area contributed by atoms with Crippen LogP contribution in [-0.4, -0.2) is 41.9 Å². The van der Waals surface area contributed by atoms with E-state index in [0.717, 1.165) is 34.0 Å². The molecule has 0 saturated heterocycles. The van der Waals surface area contributed by atoms with Crippen LogP contribution in [0.1, 0.15) is 24.3 Å². The van der Waals surface area contributed by atoms with E-state index in [-0.39, 0.29) is 83.1 Å². The molecule has 0 atom stereocenters. The first-order valence-corrected chi connectivity index (χ1v) is 17.9. The Morgan fingerprint density at radius 2 is 1.20 bits per heavy atom. The van der Waals surface area contributed by atoms with Crippen LogP contribution in [0.5, 0.6) is 0 Å². The Morgan fingerprint density at radius 3 is 1.65 bits per heavy atom. The molecule has 14 heteroatoms. The van der Waals surface area contributed by atoms with Crippen molar-refractivity contribution in [3.05, 3.63) is 206 Å². The number of aliphatic hydroxyl groups excluding tert-OH is 1. The number of aliphatic hydroxyl groups is 1. The third-order valence-electron chi connectivity index (χ3n) is 6.97. The van der Waals surface area contributed by atoms with Crippen molar-refractivity contribution >= 4 is 33.2 Å². The first kappa shape index (κ1) is 52.7. The first-order valence-electron chi connectivity index (χ1n) is 17.1. The number of hydrogen-bond acceptors (Lipinski definition) is 8. The van der Waals surface area contributed by atoms with Gasteiger partial charge < -0.3 is 25.2 Å². The fourth-order valence-electron chi connectivity index (χ4n) is 4.54. The molecule has 3 aromatic carbocycles. The van der Waals surface area contributed by atoms with Gasteiger partial charge in [-0.2, -0.15) is 0 Å². The molecule has 0 fully saturated rings. The zero-order chi connectivity index (χ0) is 40.8. The van der Waals surface area contributed by atoms with Crippen LogP contribution >= 0.6 is 11.3 Å². The second-order valence-corrected chi connectivity index (χ2v) is 12.5. The van der Waals surface area contributed by atoms with Crippen LogP contribution in [0.25, 0.3) is 43.2 Å². The normalized spacial score (nSPS) is 9.63. The maximum Gasteiger partial charge on any atom is 0.354 e. The second-order valence-electron chi connectivity index (χ2n) is 11.4. The van der Waals surface area contributed by atoms with Crippen molar-refractivity contribution < 1.29 is 88.9 Å². The number of allylic oxidation sites excluding steroid dienone is 2. The van der Waals surface area contributed by atoms with Gasteiger partial charge in [-0.05, 0) is 65.1 Å². The summed E-state index contributed by atoms with van der Waals surface area (Å²) >= 11 is 1.73. The molecule has 0 aliphatic heterocycles. The number of benzene rings is 3. The number of carbonyl (C=O) groups is 2. The monoisotopic (exact) mass is 1360 g/mol. The fourth-order valence-corrected chi connectivity index (χ4v) is 5.52. The average molecular weight is 1350 g/mol. The van der Waals surface area contributed by atoms with Gasteiger partial charge in [0.25, 0.3) is 0 Å². The van der Waals surface area contributed by atoms with Gasteiger partial charge in [0.15, 0.2) is 5.78 Å². The van der Waals surface area contributed by atoms with Crippen molar-refractivity contribution in [3.8, 4) is 33.1 Å². The molecule has 0 aliphatic carbocycles. The molecular formula is C46H35F2Ir3N4O4S-3. The minimum atomic E-state index is -0.990. The van der Waals surface area contributed by atoms with Crippen LogP contribution < -0.4 is 0 Å². The summed E-state index contributed by atoms with van der Waals surface area (Å²) in [5.74, 6) is -2.34. The molecule has 0 bridgehead atoms. The van der Waals surface area contributed by atoms with Crippen molar-refractivity contribution in [3.63, 3.8) is 0 Å². The van der Waals surface area contributed by atoms with Crippen LogP contribution in [0.4, 0.5) is 8.78 Å². The van der Waals surface area contributed by atoms with Gasteiger partial charge in [0.1, 0.15) is 5.69 Å². The van der Waals surface area contributed by atoms with E-state index in [1.54, 1.807) is 54.1 Å². The molecule has 8 rings (SSSR count). The summed E-state index contributed by atoms with van der Waals surface area (Å²) in [6.07, 6.45) is 7.76. The smallest absolute Gasteiger partial charge is 0.354 e. The third kappa shape index (κ3) is 18.7. The van der Waals surface area contributed by atoms with Crippen LogP contribution in [0.2, 0.25) is 0 Å². The van der Waals surface area contributed by atoms with E-state index in [2.05, 4.69) is 56.3 Å². The largest absolute Gasteiger partial charge is 0.512 e. The number of rotatable bonds is 5. The van der Waals surface area contributed by atoms with Crippen molar-refractivity contribution in [2.75, 3.05) is 0 Å². The number of carbonyl (C=O) groups excluding carboxylic acids is 1. The van der Waals surface area contributed by atoms with Gasteiger partial charge >= 0.3 is 5.97 Å². The van der Waals surface area contributed by atoms with Gasteiger partial charge in [-0.25, -0.2) is 21.1 Å². The molecule has 0 spiro atoms. The molecule has 0 aliphatic rings. The summed E-state index contributed by atoms with van der Waals surface area (Å²) in [5, 5.41) is 17.9. The minimum absolute atomic E-state index is 0. The Balaban J connectivity index is 0.000000379. The predicted octanol–water partition coefficient (Wildman–Crippen LogP) is 10.9. The maximum absolute atomic E-state index is 13.2. The van der Waals surface area contributed by atoms with Gasteiger partial charge in [0.2, 0.25) is 0 Å². The Kier molecular flexibility index (Phi) is 25.5. The van der Waals surface area contributed by atoms with Crippen molar-refractivity contribution in [1.82, 2.24) is 19.9 Å². The zero-order valence-electron chi connectivity index (χ0n) is 31.8. The number of nitrogens with zero attached hydrogens (tertiary/aromatic N) is 4. The Hall–Kier alpha value is -5.29. The van der Waals surface area contributed by atoms with E-state index >= 15 is 0 Å².